The van der Waals surface area contributed by atoms with Crippen LogP contribution in [0.25, 0.3) is 10.9 Å². The van der Waals surface area contributed by atoms with Gasteiger partial charge in [-0.3, -0.25) is 9.36 Å². The molecule has 0 bridgehead atoms. The number of fused-ring (bicyclic) bond motifs is 1. The van der Waals surface area contributed by atoms with Crippen LogP contribution in [0.3, 0.4) is 0 Å². The van der Waals surface area contributed by atoms with E-state index in [1.165, 1.54) is 0 Å². The van der Waals surface area contributed by atoms with E-state index in [1.54, 1.807) is 26.0 Å². The lowest BCUT2D eigenvalue weighted by Gasteiger charge is -2.14. The summed E-state index contributed by atoms with van der Waals surface area (Å²) in [4.78, 5) is 17.7. The predicted molar refractivity (Wildman–Crippen MR) is 111 cm³/mol. The first-order valence-corrected chi connectivity index (χ1v) is 10.4. The zero-order valence-electron chi connectivity index (χ0n) is 15.1. The lowest BCUT2D eigenvalue weighted by molar-refractivity contribution is 0.354. The second-order valence-corrected chi connectivity index (χ2v) is 8.20. The van der Waals surface area contributed by atoms with E-state index in [0.717, 1.165) is 33.6 Å². The summed E-state index contributed by atoms with van der Waals surface area (Å²) in [5.41, 5.74) is 1.85. The topological polar surface area (TPSA) is 53.3 Å². The third kappa shape index (κ3) is 3.58. The first-order valence-electron chi connectivity index (χ1n) is 8.67. The van der Waals surface area contributed by atoms with Gasteiger partial charge in [-0.1, -0.05) is 39.8 Å². The third-order valence-electron chi connectivity index (χ3n) is 4.60. The zero-order valence-corrected chi connectivity index (χ0v) is 17.5. The molecule has 140 valence electrons. The third-order valence-corrected chi connectivity index (χ3v) is 6.34. The van der Waals surface area contributed by atoms with E-state index in [0.29, 0.717) is 22.6 Å². The van der Waals surface area contributed by atoms with E-state index < -0.39 is 0 Å². The van der Waals surface area contributed by atoms with Crippen LogP contribution in [0.4, 0.5) is 0 Å². The van der Waals surface area contributed by atoms with Gasteiger partial charge in [-0.25, -0.2) is 4.98 Å². The Balaban J connectivity index is 1.70. The lowest BCUT2D eigenvalue weighted by Crippen LogP contribution is -2.22. The quantitative estimate of drug-likeness (QED) is 0.401. The van der Waals surface area contributed by atoms with Gasteiger partial charge in [0.15, 0.2) is 16.7 Å². The molecule has 1 heterocycles. The van der Waals surface area contributed by atoms with E-state index in [2.05, 4.69) is 15.9 Å². The van der Waals surface area contributed by atoms with Crippen molar-refractivity contribution in [2.45, 2.75) is 29.8 Å². The second-order valence-electron chi connectivity index (χ2n) is 6.41. The zero-order chi connectivity index (χ0) is 19.0. The summed E-state index contributed by atoms with van der Waals surface area (Å²) < 4.78 is 13.5. The molecule has 27 heavy (non-hydrogen) atoms. The van der Waals surface area contributed by atoms with E-state index >= 15 is 0 Å². The highest BCUT2D eigenvalue weighted by Gasteiger charge is 2.28. The fraction of sp³-hybridized carbons (Fsp3) is 0.300. The highest BCUT2D eigenvalue weighted by atomic mass is 79.9. The van der Waals surface area contributed by atoms with E-state index in [-0.39, 0.29) is 11.6 Å². The molecular formula is C20H19BrN2O3S. The van der Waals surface area contributed by atoms with Gasteiger partial charge in [0.05, 0.1) is 25.1 Å². The van der Waals surface area contributed by atoms with Crippen LogP contribution in [0.5, 0.6) is 11.5 Å². The molecule has 3 aromatic rings. The van der Waals surface area contributed by atoms with Crippen molar-refractivity contribution in [3.8, 4) is 11.5 Å². The molecule has 1 saturated carbocycles. The van der Waals surface area contributed by atoms with Crippen molar-refractivity contribution in [2.75, 3.05) is 14.2 Å². The van der Waals surface area contributed by atoms with Crippen LogP contribution in [0.15, 0.2) is 50.8 Å². The van der Waals surface area contributed by atoms with Crippen molar-refractivity contribution in [2.24, 2.45) is 0 Å². The minimum Gasteiger partial charge on any atom is -0.493 e. The first kappa shape index (κ1) is 18.4. The molecule has 0 amide bonds. The number of para-hydroxylation sites is 1. The van der Waals surface area contributed by atoms with Crippen molar-refractivity contribution in [3.63, 3.8) is 0 Å². The number of thioether (sulfide) groups is 1. The van der Waals surface area contributed by atoms with E-state index in [1.807, 2.05) is 41.0 Å². The predicted octanol–water partition coefficient (Wildman–Crippen LogP) is 4.80. The summed E-state index contributed by atoms with van der Waals surface area (Å²) in [6, 6.07) is 11.7. The number of methoxy groups -OCH3 is 2. The molecule has 1 aromatic heterocycles. The van der Waals surface area contributed by atoms with Crippen LogP contribution in [0.1, 0.15) is 24.4 Å². The molecule has 0 atom stereocenters. The van der Waals surface area contributed by atoms with Crippen LogP contribution in [-0.4, -0.2) is 23.8 Å². The maximum atomic E-state index is 13.0. The maximum Gasteiger partial charge on any atom is 0.262 e. The molecule has 0 aliphatic heterocycles. The maximum absolute atomic E-state index is 13.0. The molecule has 4 rings (SSSR count). The van der Waals surface area contributed by atoms with Crippen LogP contribution in [0.2, 0.25) is 0 Å². The Morgan fingerprint density at radius 2 is 1.89 bits per heavy atom. The molecule has 1 aliphatic rings. The summed E-state index contributed by atoms with van der Waals surface area (Å²) in [5.74, 6) is 2.03. The Morgan fingerprint density at radius 3 is 2.59 bits per heavy atom. The molecule has 2 aromatic carbocycles. The molecule has 0 saturated heterocycles. The average molecular weight is 447 g/mol. The fourth-order valence-corrected chi connectivity index (χ4v) is 4.74. The number of benzene rings is 2. The normalized spacial score (nSPS) is 13.7. The first-order chi connectivity index (χ1) is 13.1. The highest BCUT2D eigenvalue weighted by molar-refractivity contribution is 9.10. The molecule has 7 heteroatoms. The minimum atomic E-state index is 0.0528. The number of hydrogen-bond donors (Lipinski definition) is 0. The van der Waals surface area contributed by atoms with Gasteiger partial charge in [-0.15, -0.1) is 0 Å². The number of hydrogen-bond acceptors (Lipinski definition) is 5. The van der Waals surface area contributed by atoms with Crippen LogP contribution >= 0.6 is 27.7 Å². The van der Waals surface area contributed by atoms with Crippen molar-refractivity contribution < 1.29 is 9.47 Å². The fourth-order valence-electron chi connectivity index (χ4n) is 3.03. The molecule has 1 fully saturated rings. The summed E-state index contributed by atoms with van der Waals surface area (Å²) in [5, 5.41) is 1.45. The Hall–Kier alpha value is -1.99. The summed E-state index contributed by atoms with van der Waals surface area (Å²) in [6.07, 6.45) is 2.07. The van der Waals surface area contributed by atoms with Gasteiger partial charge < -0.3 is 9.47 Å². The Labute approximate surface area is 169 Å². The highest BCUT2D eigenvalue weighted by Crippen LogP contribution is 2.39. The van der Waals surface area contributed by atoms with E-state index in [4.69, 9.17) is 14.5 Å². The molecule has 0 N–H and O–H groups in total. The standard InChI is InChI=1S/C20H19BrN2O3S/c1-25-17-9-12(15(21)10-18(17)26-2)11-27-20-22-16-6-4-3-5-14(16)19(24)23(20)13-7-8-13/h3-6,9-10,13H,7-8,11H2,1-2H3. The smallest absolute Gasteiger partial charge is 0.262 e. The molecule has 1 aliphatic carbocycles. The number of halogens is 1. The van der Waals surface area contributed by atoms with Crippen molar-refractivity contribution in [1.29, 1.82) is 0 Å². The summed E-state index contributed by atoms with van der Waals surface area (Å²) >= 11 is 5.17. The van der Waals surface area contributed by atoms with Gasteiger partial charge in [0.2, 0.25) is 0 Å². The Bertz CT molecular complexity index is 1060. The van der Waals surface area contributed by atoms with Gasteiger partial charge in [0.25, 0.3) is 5.56 Å². The lowest BCUT2D eigenvalue weighted by atomic mass is 10.2. The van der Waals surface area contributed by atoms with E-state index in [9.17, 15) is 4.79 Å². The molecule has 0 unspecified atom stereocenters. The summed E-state index contributed by atoms with van der Waals surface area (Å²) in [6.45, 7) is 0. The molecule has 5 nitrogen and oxygen atoms in total. The number of rotatable bonds is 6. The minimum absolute atomic E-state index is 0.0528. The Morgan fingerprint density at radius 1 is 1.19 bits per heavy atom. The number of aromatic nitrogens is 2. The van der Waals surface area contributed by atoms with Gasteiger partial charge in [-0.05, 0) is 42.7 Å². The van der Waals surface area contributed by atoms with Gasteiger partial charge in [0, 0.05) is 16.3 Å². The largest absolute Gasteiger partial charge is 0.493 e. The van der Waals surface area contributed by atoms with Crippen LogP contribution < -0.4 is 15.0 Å². The SMILES string of the molecule is COc1cc(Br)c(CSc2nc3ccccc3c(=O)n2C2CC2)cc1OC. The van der Waals surface area contributed by atoms with Crippen molar-refractivity contribution >= 4 is 38.6 Å². The van der Waals surface area contributed by atoms with Gasteiger partial charge >= 0.3 is 0 Å². The number of ether oxygens (including phenoxy) is 2. The Kier molecular flexibility index (Phi) is 5.14. The molecule has 0 spiro atoms. The van der Waals surface area contributed by atoms with Gasteiger partial charge in [0.1, 0.15) is 0 Å². The van der Waals surface area contributed by atoms with Gasteiger partial charge in [-0.2, -0.15) is 0 Å². The second kappa shape index (κ2) is 7.56. The number of nitrogens with zero attached hydrogens (tertiary/aromatic N) is 2. The summed E-state index contributed by atoms with van der Waals surface area (Å²) in [7, 11) is 3.24. The average Bonchev–Trinajstić information content (AvgIpc) is 3.51. The monoisotopic (exact) mass is 446 g/mol. The van der Waals surface area contributed by atoms with Crippen molar-refractivity contribution in [3.05, 3.63) is 56.8 Å². The van der Waals surface area contributed by atoms with Crippen LogP contribution in [-0.2, 0) is 5.75 Å². The molecular weight excluding hydrogens is 428 g/mol. The van der Waals surface area contributed by atoms with Crippen molar-refractivity contribution in [1.82, 2.24) is 9.55 Å². The molecule has 0 radical (unpaired) electrons. The van der Waals surface area contributed by atoms with Crippen LogP contribution in [0, 0.1) is 0 Å².